The molecule has 158 valence electrons. The number of aryl methyl sites for hydroxylation is 1. The SMILES string of the molecule is CCN(CC)S(=O)(=O)c1ccc(OCC(=O)N[C@H](C)CCc2ccccc2)cc1. The van der Waals surface area contributed by atoms with Crippen molar-refractivity contribution in [2.24, 2.45) is 0 Å². The van der Waals surface area contributed by atoms with Gasteiger partial charge in [-0.3, -0.25) is 4.79 Å². The second kappa shape index (κ2) is 11.0. The lowest BCUT2D eigenvalue weighted by Crippen LogP contribution is -2.36. The summed E-state index contributed by atoms with van der Waals surface area (Å²) in [7, 11) is -3.50. The smallest absolute Gasteiger partial charge is 0.258 e. The van der Waals surface area contributed by atoms with Crippen LogP contribution < -0.4 is 10.1 Å². The molecule has 1 atom stereocenters. The largest absolute Gasteiger partial charge is 0.484 e. The van der Waals surface area contributed by atoms with E-state index in [2.05, 4.69) is 17.4 Å². The fourth-order valence-corrected chi connectivity index (χ4v) is 4.44. The average molecular weight is 419 g/mol. The molecule has 0 radical (unpaired) electrons. The zero-order valence-corrected chi connectivity index (χ0v) is 18.1. The van der Waals surface area contributed by atoms with Gasteiger partial charge in [0.25, 0.3) is 5.91 Å². The normalized spacial score (nSPS) is 12.6. The molecule has 1 N–H and O–H groups in total. The molecule has 2 aromatic carbocycles. The molecule has 0 bridgehead atoms. The molecule has 0 spiro atoms. The van der Waals surface area contributed by atoms with Crippen molar-refractivity contribution in [3.05, 3.63) is 60.2 Å². The van der Waals surface area contributed by atoms with E-state index in [0.717, 1.165) is 12.8 Å². The van der Waals surface area contributed by atoms with Crippen LogP contribution in [-0.2, 0) is 21.2 Å². The molecule has 7 heteroatoms. The lowest BCUT2D eigenvalue weighted by molar-refractivity contribution is -0.123. The Morgan fingerprint density at radius 2 is 1.66 bits per heavy atom. The Kier molecular flexibility index (Phi) is 8.67. The zero-order chi connectivity index (χ0) is 21.3. The monoisotopic (exact) mass is 418 g/mol. The lowest BCUT2D eigenvalue weighted by atomic mass is 10.1. The predicted molar refractivity (Wildman–Crippen MR) is 114 cm³/mol. The fraction of sp³-hybridized carbons (Fsp3) is 0.409. The quantitative estimate of drug-likeness (QED) is 0.608. The fourth-order valence-electron chi connectivity index (χ4n) is 2.99. The number of ether oxygens (including phenoxy) is 1. The average Bonchev–Trinajstić information content (AvgIpc) is 2.72. The number of sulfonamides is 1. The minimum atomic E-state index is -3.50. The van der Waals surface area contributed by atoms with Gasteiger partial charge in [-0.15, -0.1) is 0 Å². The van der Waals surface area contributed by atoms with E-state index in [1.54, 1.807) is 26.0 Å². The summed E-state index contributed by atoms with van der Waals surface area (Å²) in [5.41, 5.74) is 1.24. The van der Waals surface area contributed by atoms with Gasteiger partial charge in [-0.2, -0.15) is 4.31 Å². The Balaban J connectivity index is 1.81. The van der Waals surface area contributed by atoms with E-state index in [4.69, 9.17) is 4.74 Å². The Labute approximate surface area is 173 Å². The first-order valence-corrected chi connectivity index (χ1v) is 11.4. The highest BCUT2D eigenvalue weighted by Crippen LogP contribution is 2.19. The van der Waals surface area contributed by atoms with E-state index in [1.807, 2.05) is 25.1 Å². The Morgan fingerprint density at radius 3 is 2.24 bits per heavy atom. The molecule has 0 aromatic heterocycles. The summed E-state index contributed by atoms with van der Waals surface area (Å²) >= 11 is 0. The van der Waals surface area contributed by atoms with Crippen LogP contribution in [0.25, 0.3) is 0 Å². The number of amides is 1. The number of hydrogen-bond acceptors (Lipinski definition) is 4. The van der Waals surface area contributed by atoms with Crippen molar-refractivity contribution in [2.75, 3.05) is 19.7 Å². The molecule has 0 saturated heterocycles. The Morgan fingerprint density at radius 1 is 1.03 bits per heavy atom. The van der Waals surface area contributed by atoms with Gasteiger partial charge >= 0.3 is 0 Å². The number of benzene rings is 2. The molecule has 0 aliphatic carbocycles. The van der Waals surface area contributed by atoms with Crippen LogP contribution in [0.5, 0.6) is 5.75 Å². The van der Waals surface area contributed by atoms with Crippen LogP contribution in [0.2, 0.25) is 0 Å². The molecule has 2 rings (SSSR count). The molecular weight excluding hydrogens is 388 g/mol. The minimum absolute atomic E-state index is 0.0351. The second-order valence-corrected chi connectivity index (χ2v) is 8.78. The summed E-state index contributed by atoms with van der Waals surface area (Å²) in [6, 6.07) is 16.3. The molecule has 0 aliphatic heterocycles. The predicted octanol–water partition coefficient (Wildman–Crippen LogP) is 3.23. The molecule has 1 amide bonds. The summed E-state index contributed by atoms with van der Waals surface area (Å²) < 4.78 is 31.8. The summed E-state index contributed by atoms with van der Waals surface area (Å²) in [6.45, 7) is 6.29. The van der Waals surface area contributed by atoms with Crippen LogP contribution in [0.3, 0.4) is 0 Å². The standard InChI is InChI=1S/C22H30N2O4S/c1-4-24(5-2)29(26,27)21-15-13-20(14-16-21)28-17-22(25)23-18(3)11-12-19-9-7-6-8-10-19/h6-10,13-16,18H,4-5,11-12,17H2,1-3H3,(H,23,25)/t18-/m1/s1. The van der Waals surface area contributed by atoms with E-state index in [-0.39, 0.29) is 23.5 Å². The zero-order valence-electron chi connectivity index (χ0n) is 17.3. The molecular formula is C22H30N2O4S. The van der Waals surface area contributed by atoms with E-state index in [9.17, 15) is 13.2 Å². The van der Waals surface area contributed by atoms with Gasteiger partial charge in [0.15, 0.2) is 6.61 Å². The summed E-state index contributed by atoms with van der Waals surface area (Å²) in [6.07, 6.45) is 1.74. The number of carbonyl (C=O) groups is 1. The van der Waals surface area contributed by atoms with Gasteiger partial charge in [0.1, 0.15) is 5.75 Å². The van der Waals surface area contributed by atoms with Gasteiger partial charge in [0.2, 0.25) is 10.0 Å². The van der Waals surface area contributed by atoms with E-state index < -0.39 is 10.0 Å². The van der Waals surface area contributed by atoms with Crippen molar-refractivity contribution in [1.29, 1.82) is 0 Å². The van der Waals surface area contributed by atoms with Gasteiger partial charge in [0.05, 0.1) is 4.90 Å². The van der Waals surface area contributed by atoms with Gasteiger partial charge in [-0.25, -0.2) is 8.42 Å². The Hall–Kier alpha value is -2.38. The van der Waals surface area contributed by atoms with Crippen molar-refractivity contribution in [2.45, 2.75) is 44.6 Å². The first-order chi connectivity index (χ1) is 13.9. The molecule has 0 heterocycles. The van der Waals surface area contributed by atoms with E-state index in [0.29, 0.717) is 18.8 Å². The Bertz CT molecular complexity index is 863. The number of hydrogen-bond donors (Lipinski definition) is 1. The summed E-state index contributed by atoms with van der Waals surface area (Å²) in [5, 5.41) is 2.92. The third-order valence-corrected chi connectivity index (χ3v) is 6.72. The van der Waals surface area contributed by atoms with Crippen LogP contribution in [0.1, 0.15) is 32.8 Å². The molecule has 29 heavy (non-hydrogen) atoms. The van der Waals surface area contributed by atoms with Crippen molar-refractivity contribution in [3.8, 4) is 5.75 Å². The molecule has 0 saturated carbocycles. The summed E-state index contributed by atoms with van der Waals surface area (Å²) in [5.74, 6) is 0.251. The van der Waals surface area contributed by atoms with Crippen molar-refractivity contribution in [1.82, 2.24) is 9.62 Å². The van der Waals surface area contributed by atoms with Crippen molar-refractivity contribution < 1.29 is 17.9 Å². The maximum absolute atomic E-state index is 12.5. The minimum Gasteiger partial charge on any atom is -0.484 e. The number of carbonyl (C=O) groups excluding carboxylic acids is 1. The van der Waals surface area contributed by atoms with Gasteiger partial charge in [-0.05, 0) is 49.6 Å². The molecule has 0 fully saturated rings. The van der Waals surface area contributed by atoms with E-state index >= 15 is 0 Å². The van der Waals surface area contributed by atoms with Gasteiger partial charge in [0, 0.05) is 19.1 Å². The van der Waals surface area contributed by atoms with Gasteiger partial charge < -0.3 is 10.1 Å². The van der Waals surface area contributed by atoms with Crippen LogP contribution in [0.4, 0.5) is 0 Å². The maximum atomic E-state index is 12.5. The van der Waals surface area contributed by atoms with Gasteiger partial charge in [-0.1, -0.05) is 44.2 Å². The summed E-state index contributed by atoms with van der Waals surface area (Å²) in [4.78, 5) is 12.3. The molecule has 0 unspecified atom stereocenters. The van der Waals surface area contributed by atoms with Crippen LogP contribution >= 0.6 is 0 Å². The van der Waals surface area contributed by atoms with Crippen LogP contribution in [-0.4, -0.2) is 44.4 Å². The highest BCUT2D eigenvalue weighted by atomic mass is 32.2. The molecule has 6 nitrogen and oxygen atoms in total. The highest BCUT2D eigenvalue weighted by molar-refractivity contribution is 7.89. The maximum Gasteiger partial charge on any atom is 0.258 e. The number of rotatable bonds is 11. The third kappa shape index (κ3) is 6.87. The molecule has 0 aliphatic rings. The first kappa shape index (κ1) is 22.9. The van der Waals surface area contributed by atoms with Crippen LogP contribution in [0, 0.1) is 0 Å². The number of nitrogens with one attached hydrogen (secondary N) is 1. The van der Waals surface area contributed by atoms with Crippen LogP contribution in [0.15, 0.2) is 59.5 Å². The topological polar surface area (TPSA) is 75.7 Å². The third-order valence-electron chi connectivity index (χ3n) is 4.65. The number of nitrogens with zero attached hydrogens (tertiary/aromatic N) is 1. The van der Waals surface area contributed by atoms with Crippen molar-refractivity contribution >= 4 is 15.9 Å². The van der Waals surface area contributed by atoms with E-state index in [1.165, 1.54) is 22.0 Å². The highest BCUT2D eigenvalue weighted by Gasteiger charge is 2.21. The lowest BCUT2D eigenvalue weighted by Gasteiger charge is -2.18. The molecule has 2 aromatic rings. The second-order valence-electron chi connectivity index (χ2n) is 6.84. The first-order valence-electron chi connectivity index (χ1n) is 9.93. The van der Waals surface area contributed by atoms with Crippen molar-refractivity contribution in [3.63, 3.8) is 0 Å².